The van der Waals surface area contributed by atoms with Gasteiger partial charge in [0.1, 0.15) is 0 Å². The second kappa shape index (κ2) is 6.27. The summed E-state index contributed by atoms with van der Waals surface area (Å²) in [5.41, 5.74) is -1.08. The van der Waals surface area contributed by atoms with E-state index in [-0.39, 0.29) is 25.9 Å². The summed E-state index contributed by atoms with van der Waals surface area (Å²) in [7, 11) is 1.07. The second-order valence-corrected chi connectivity index (χ2v) is 6.31. The fourth-order valence-corrected chi connectivity index (χ4v) is 3.34. The summed E-state index contributed by atoms with van der Waals surface area (Å²) in [6.45, 7) is 0.816. The quantitative estimate of drug-likeness (QED) is 0.896. The summed E-state index contributed by atoms with van der Waals surface area (Å²) in [4.78, 5) is 13.6. The van der Waals surface area contributed by atoms with E-state index in [1.165, 1.54) is 4.90 Å². The number of amides is 2. The molecular formula is C15H21F3N4O2. The topological polar surface area (TPSA) is 59.4 Å². The van der Waals surface area contributed by atoms with Crippen molar-refractivity contribution in [1.82, 2.24) is 14.7 Å². The summed E-state index contributed by atoms with van der Waals surface area (Å²) in [5.74, 6) is 0.455. The standard InChI is InChI=1S/C15H21F3N4O2/c1-24-14(15(16,17)18)5-8-21(9-6-14)13(23)19-12-10-11-4-2-3-7-22(11)20-12/h10H,2-9H2,1H3,(H,19,20,23). The molecule has 9 heteroatoms. The zero-order valence-corrected chi connectivity index (χ0v) is 13.5. The lowest BCUT2D eigenvalue weighted by Crippen LogP contribution is -2.56. The van der Waals surface area contributed by atoms with E-state index in [0.717, 1.165) is 38.6 Å². The number of rotatable bonds is 2. The van der Waals surface area contributed by atoms with Crippen LogP contribution in [0.1, 0.15) is 31.4 Å². The number of fused-ring (bicyclic) bond motifs is 1. The van der Waals surface area contributed by atoms with Crippen molar-refractivity contribution >= 4 is 11.8 Å². The minimum Gasteiger partial charge on any atom is -0.369 e. The van der Waals surface area contributed by atoms with Crippen LogP contribution in [0.4, 0.5) is 23.8 Å². The number of aryl methyl sites for hydroxylation is 2. The van der Waals surface area contributed by atoms with Gasteiger partial charge < -0.3 is 9.64 Å². The summed E-state index contributed by atoms with van der Waals surface area (Å²) < 4.78 is 46.1. The lowest BCUT2D eigenvalue weighted by molar-refractivity contribution is -0.280. The van der Waals surface area contributed by atoms with Crippen molar-refractivity contribution in [3.05, 3.63) is 11.8 Å². The lowest BCUT2D eigenvalue weighted by Gasteiger charge is -2.41. The summed E-state index contributed by atoms with van der Waals surface area (Å²) in [5, 5.41) is 7.01. The average molecular weight is 346 g/mol. The Labute approximate surface area is 137 Å². The van der Waals surface area contributed by atoms with Gasteiger partial charge in [0.05, 0.1) is 0 Å². The van der Waals surface area contributed by atoms with Gasteiger partial charge in [-0.05, 0) is 19.3 Å². The van der Waals surface area contributed by atoms with Gasteiger partial charge in [0, 0.05) is 51.3 Å². The number of hydrogen-bond acceptors (Lipinski definition) is 3. The number of methoxy groups -OCH3 is 1. The Morgan fingerprint density at radius 3 is 2.58 bits per heavy atom. The normalized spacial score (nSPS) is 20.6. The molecule has 1 N–H and O–H groups in total. The third kappa shape index (κ3) is 3.09. The van der Waals surface area contributed by atoms with Crippen molar-refractivity contribution in [1.29, 1.82) is 0 Å². The summed E-state index contributed by atoms with van der Waals surface area (Å²) >= 11 is 0. The molecule has 134 valence electrons. The molecule has 0 saturated carbocycles. The Kier molecular flexibility index (Phi) is 4.46. The molecule has 0 bridgehead atoms. The van der Waals surface area contributed by atoms with Gasteiger partial charge in [0.2, 0.25) is 0 Å². The first kappa shape index (κ1) is 17.1. The molecule has 1 aromatic rings. The number of anilines is 1. The Balaban J connectivity index is 1.60. The maximum absolute atomic E-state index is 13.1. The number of carbonyl (C=O) groups excluding carboxylic acids is 1. The van der Waals surface area contributed by atoms with E-state index >= 15 is 0 Å². The van der Waals surface area contributed by atoms with E-state index in [0.29, 0.717) is 5.82 Å². The fraction of sp³-hybridized carbons (Fsp3) is 0.733. The number of halogens is 3. The van der Waals surface area contributed by atoms with Gasteiger partial charge in [-0.3, -0.25) is 10.00 Å². The SMILES string of the molecule is COC1(C(F)(F)F)CCN(C(=O)Nc2cc3n(n2)CCCC3)CC1. The van der Waals surface area contributed by atoms with Gasteiger partial charge >= 0.3 is 12.2 Å². The number of hydrogen-bond donors (Lipinski definition) is 1. The van der Waals surface area contributed by atoms with Crippen molar-refractivity contribution in [2.45, 2.75) is 50.4 Å². The Hall–Kier alpha value is -1.77. The molecule has 0 aromatic carbocycles. The van der Waals surface area contributed by atoms with E-state index < -0.39 is 17.8 Å². The monoisotopic (exact) mass is 346 g/mol. The number of aromatic nitrogens is 2. The minimum atomic E-state index is -4.44. The zero-order chi connectivity index (χ0) is 17.4. The zero-order valence-electron chi connectivity index (χ0n) is 13.5. The molecule has 1 saturated heterocycles. The molecule has 24 heavy (non-hydrogen) atoms. The van der Waals surface area contributed by atoms with Gasteiger partial charge in [-0.15, -0.1) is 0 Å². The molecule has 2 aliphatic rings. The van der Waals surface area contributed by atoms with E-state index in [1.54, 1.807) is 0 Å². The number of piperidine rings is 1. The van der Waals surface area contributed by atoms with Gasteiger partial charge in [-0.25, -0.2) is 4.79 Å². The highest BCUT2D eigenvalue weighted by molar-refractivity contribution is 5.88. The smallest absolute Gasteiger partial charge is 0.369 e. The van der Waals surface area contributed by atoms with Gasteiger partial charge in [0.25, 0.3) is 0 Å². The van der Waals surface area contributed by atoms with Crippen LogP contribution in [0.3, 0.4) is 0 Å². The van der Waals surface area contributed by atoms with Crippen LogP contribution in [-0.2, 0) is 17.7 Å². The number of likely N-dealkylation sites (tertiary alicyclic amines) is 1. The molecule has 3 heterocycles. The summed E-state index contributed by atoms with van der Waals surface area (Å²) in [6, 6.07) is 1.41. The first-order chi connectivity index (χ1) is 11.3. The highest BCUT2D eigenvalue weighted by Crippen LogP contribution is 2.41. The number of nitrogens with zero attached hydrogens (tertiary/aromatic N) is 3. The first-order valence-electron chi connectivity index (χ1n) is 8.09. The van der Waals surface area contributed by atoms with E-state index in [1.807, 2.05) is 10.7 Å². The average Bonchev–Trinajstić information content (AvgIpc) is 2.96. The molecule has 1 fully saturated rings. The highest BCUT2D eigenvalue weighted by Gasteiger charge is 2.56. The molecule has 3 rings (SSSR count). The molecule has 0 spiro atoms. The van der Waals surface area contributed by atoms with E-state index in [4.69, 9.17) is 4.74 Å². The van der Waals surface area contributed by atoms with Crippen LogP contribution in [-0.4, -0.2) is 52.7 Å². The van der Waals surface area contributed by atoms with Crippen LogP contribution in [0.2, 0.25) is 0 Å². The molecule has 0 radical (unpaired) electrons. The molecular weight excluding hydrogens is 325 g/mol. The molecule has 0 unspecified atom stereocenters. The number of carbonyl (C=O) groups is 1. The van der Waals surface area contributed by atoms with Crippen LogP contribution in [0, 0.1) is 0 Å². The molecule has 0 atom stereocenters. The summed E-state index contributed by atoms with van der Waals surface area (Å²) in [6.07, 6.45) is -1.88. The third-order valence-electron chi connectivity index (χ3n) is 4.92. The number of urea groups is 1. The first-order valence-corrected chi connectivity index (χ1v) is 8.09. The maximum Gasteiger partial charge on any atom is 0.417 e. The molecule has 1 aromatic heterocycles. The Bertz CT molecular complexity index is 583. The minimum absolute atomic E-state index is 0.00719. The molecule has 2 aliphatic heterocycles. The third-order valence-corrected chi connectivity index (χ3v) is 4.92. The van der Waals surface area contributed by atoms with Crippen LogP contribution in [0.25, 0.3) is 0 Å². The number of ether oxygens (including phenoxy) is 1. The maximum atomic E-state index is 13.1. The Morgan fingerprint density at radius 1 is 1.29 bits per heavy atom. The number of nitrogens with one attached hydrogen (secondary N) is 1. The van der Waals surface area contributed by atoms with Crippen LogP contribution >= 0.6 is 0 Å². The largest absolute Gasteiger partial charge is 0.417 e. The molecule has 2 amide bonds. The van der Waals surface area contributed by atoms with Gasteiger partial charge in [-0.1, -0.05) is 0 Å². The number of alkyl halides is 3. The van der Waals surface area contributed by atoms with Crippen LogP contribution < -0.4 is 5.32 Å². The molecule has 0 aliphatic carbocycles. The van der Waals surface area contributed by atoms with Crippen LogP contribution in [0.15, 0.2) is 6.07 Å². The van der Waals surface area contributed by atoms with E-state index in [9.17, 15) is 18.0 Å². The van der Waals surface area contributed by atoms with Crippen LogP contribution in [0.5, 0.6) is 0 Å². The van der Waals surface area contributed by atoms with E-state index in [2.05, 4.69) is 10.4 Å². The fourth-order valence-electron chi connectivity index (χ4n) is 3.34. The predicted molar refractivity (Wildman–Crippen MR) is 80.8 cm³/mol. The van der Waals surface area contributed by atoms with Gasteiger partial charge in [-0.2, -0.15) is 18.3 Å². The lowest BCUT2D eigenvalue weighted by atomic mass is 9.90. The van der Waals surface area contributed by atoms with Crippen molar-refractivity contribution in [3.8, 4) is 0 Å². The predicted octanol–water partition coefficient (Wildman–Crippen LogP) is 2.79. The second-order valence-electron chi connectivity index (χ2n) is 6.31. The Morgan fingerprint density at radius 2 is 2.00 bits per heavy atom. The van der Waals surface area contributed by atoms with Gasteiger partial charge in [0.15, 0.2) is 11.4 Å². The van der Waals surface area contributed by atoms with Crippen molar-refractivity contribution in [3.63, 3.8) is 0 Å². The van der Waals surface area contributed by atoms with Crippen molar-refractivity contribution in [2.24, 2.45) is 0 Å². The van der Waals surface area contributed by atoms with Crippen molar-refractivity contribution in [2.75, 3.05) is 25.5 Å². The molecule has 6 nitrogen and oxygen atoms in total. The van der Waals surface area contributed by atoms with Crippen molar-refractivity contribution < 1.29 is 22.7 Å². The highest BCUT2D eigenvalue weighted by atomic mass is 19.4.